The van der Waals surface area contributed by atoms with Gasteiger partial charge in [-0.2, -0.15) is 0 Å². The minimum atomic E-state index is -0.0177. The van der Waals surface area contributed by atoms with E-state index >= 15 is 0 Å². The van der Waals surface area contributed by atoms with Gasteiger partial charge in [0.25, 0.3) is 0 Å². The van der Waals surface area contributed by atoms with Crippen LogP contribution in [0.15, 0.2) is 24.3 Å². The van der Waals surface area contributed by atoms with Gasteiger partial charge in [-0.25, -0.2) is 9.97 Å². The van der Waals surface area contributed by atoms with Crippen LogP contribution in [0.1, 0.15) is 61.7 Å². The molecule has 1 saturated heterocycles. The minimum absolute atomic E-state index is 0.0177. The number of carbonyl (C=O) groups is 2. The first-order chi connectivity index (χ1) is 15.4. The Bertz CT molecular complexity index is 1020. The molecule has 2 amide bonds. The van der Waals surface area contributed by atoms with E-state index in [0.29, 0.717) is 25.9 Å². The molecular formula is C25H32N4O3. The van der Waals surface area contributed by atoms with Crippen molar-refractivity contribution in [2.75, 3.05) is 25.1 Å². The van der Waals surface area contributed by atoms with E-state index in [1.165, 1.54) is 0 Å². The lowest BCUT2D eigenvalue weighted by atomic mass is 9.95. The summed E-state index contributed by atoms with van der Waals surface area (Å²) in [6, 6.07) is 7.78. The number of methoxy groups -OCH3 is 1. The van der Waals surface area contributed by atoms with Gasteiger partial charge in [0.05, 0.1) is 13.7 Å². The molecule has 2 aliphatic rings. The number of aromatic nitrogens is 2. The smallest absolute Gasteiger partial charge is 0.228 e. The number of benzene rings is 1. The van der Waals surface area contributed by atoms with E-state index in [-0.39, 0.29) is 23.7 Å². The zero-order chi connectivity index (χ0) is 22.8. The molecule has 1 aromatic heterocycles. The average Bonchev–Trinajstić information content (AvgIpc) is 2.80. The van der Waals surface area contributed by atoms with Crippen LogP contribution < -0.4 is 9.64 Å². The van der Waals surface area contributed by atoms with Crippen molar-refractivity contribution in [2.45, 2.75) is 58.9 Å². The van der Waals surface area contributed by atoms with Crippen molar-refractivity contribution in [2.24, 2.45) is 5.92 Å². The summed E-state index contributed by atoms with van der Waals surface area (Å²) in [6.45, 7) is 7.75. The van der Waals surface area contributed by atoms with E-state index in [0.717, 1.165) is 53.6 Å². The van der Waals surface area contributed by atoms with Crippen LogP contribution in [0.4, 0.5) is 5.82 Å². The Hall–Kier alpha value is -2.96. The number of hydrogen-bond acceptors (Lipinski definition) is 5. The second kappa shape index (κ2) is 9.27. The molecule has 0 unspecified atom stereocenters. The van der Waals surface area contributed by atoms with Crippen LogP contribution in [0.2, 0.25) is 0 Å². The van der Waals surface area contributed by atoms with Gasteiger partial charge < -0.3 is 9.64 Å². The van der Waals surface area contributed by atoms with E-state index in [1.54, 1.807) is 12.0 Å². The normalized spacial score (nSPS) is 18.7. The standard InChI is InChI=1S/C25H32N4O3/c1-16(2)25(31)28-12-6-8-19(15-28)23-26-17(3)21-10-11-22(30)29(24(21)27-23)14-18-7-5-9-20(13-18)32-4/h5,7,9,13,16,19H,6,8,10-12,14-15H2,1-4H3/t19-/m0/s1. The third kappa shape index (κ3) is 4.47. The fraction of sp³-hybridized carbons (Fsp3) is 0.520. The molecule has 4 rings (SSSR count). The molecule has 32 heavy (non-hydrogen) atoms. The predicted octanol–water partition coefficient (Wildman–Crippen LogP) is 3.64. The largest absolute Gasteiger partial charge is 0.497 e. The number of nitrogens with zero attached hydrogens (tertiary/aromatic N) is 4. The number of fused-ring (bicyclic) bond motifs is 1. The number of carbonyl (C=O) groups excluding carboxylic acids is 2. The second-order valence-corrected chi connectivity index (χ2v) is 9.08. The fourth-order valence-corrected chi connectivity index (χ4v) is 4.66. The monoisotopic (exact) mass is 436 g/mol. The number of piperidine rings is 1. The average molecular weight is 437 g/mol. The quantitative estimate of drug-likeness (QED) is 0.715. The molecule has 3 heterocycles. The number of rotatable bonds is 5. The van der Waals surface area contributed by atoms with Gasteiger partial charge >= 0.3 is 0 Å². The van der Waals surface area contributed by atoms with Crippen LogP contribution in [0.3, 0.4) is 0 Å². The summed E-state index contributed by atoms with van der Waals surface area (Å²) in [6.07, 6.45) is 3.01. The number of ether oxygens (including phenoxy) is 1. The van der Waals surface area contributed by atoms with E-state index < -0.39 is 0 Å². The lowest BCUT2D eigenvalue weighted by Gasteiger charge is -2.34. The van der Waals surface area contributed by atoms with Crippen LogP contribution >= 0.6 is 0 Å². The molecule has 2 aliphatic heterocycles. The maximum absolute atomic E-state index is 12.9. The van der Waals surface area contributed by atoms with Crippen LogP contribution in [0, 0.1) is 12.8 Å². The van der Waals surface area contributed by atoms with Gasteiger partial charge in [-0.15, -0.1) is 0 Å². The summed E-state index contributed by atoms with van der Waals surface area (Å²) in [7, 11) is 1.64. The molecule has 0 spiro atoms. The van der Waals surface area contributed by atoms with E-state index in [4.69, 9.17) is 14.7 Å². The first kappa shape index (κ1) is 22.2. The summed E-state index contributed by atoms with van der Waals surface area (Å²) in [5.74, 6) is 2.56. The third-order valence-electron chi connectivity index (χ3n) is 6.42. The molecule has 170 valence electrons. The molecule has 0 saturated carbocycles. The van der Waals surface area contributed by atoms with Crippen molar-refractivity contribution < 1.29 is 14.3 Å². The highest BCUT2D eigenvalue weighted by Crippen LogP contribution is 2.33. The molecule has 7 nitrogen and oxygen atoms in total. The number of amides is 2. The third-order valence-corrected chi connectivity index (χ3v) is 6.42. The lowest BCUT2D eigenvalue weighted by molar-refractivity contribution is -0.135. The first-order valence-corrected chi connectivity index (χ1v) is 11.5. The molecule has 0 aliphatic carbocycles. The van der Waals surface area contributed by atoms with E-state index in [2.05, 4.69) is 0 Å². The fourth-order valence-electron chi connectivity index (χ4n) is 4.66. The Kier molecular flexibility index (Phi) is 6.44. The second-order valence-electron chi connectivity index (χ2n) is 9.08. The predicted molar refractivity (Wildman–Crippen MR) is 123 cm³/mol. The van der Waals surface area contributed by atoms with Crippen LogP contribution in [0.25, 0.3) is 0 Å². The molecular weight excluding hydrogens is 404 g/mol. The Morgan fingerprint density at radius 2 is 2.06 bits per heavy atom. The summed E-state index contributed by atoms with van der Waals surface area (Å²) in [5.41, 5.74) is 2.97. The zero-order valence-corrected chi connectivity index (χ0v) is 19.4. The van der Waals surface area contributed by atoms with E-state index in [9.17, 15) is 9.59 Å². The molecule has 1 atom stereocenters. The van der Waals surface area contributed by atoms with Crippen LogP contribution in [-0.2, 0) is 22.6 Å². The van der Waals surface area contributed by atoms with Gasteiger partial charge in [0.15, 0.2) is 0 Å². The van der Waals surface area contributed by atoms with Crippen molar-refractivity contribution in [1.29, 1.82) is 0 Å². The molecule has 7 heteroatoms. The van der Waals surface area contributed by atoms with Crippen LogP contribution in [0.5, 0.6) is 5.75 Å². The van der Waals surface area contributed by atoms with Gasteiger partial charge in [-0.3, -0.25) is 14.5 Å². The maximum Gasteiger partial charge on any atom is 0.228 e. The highest BCUT2D eigenvalue weighted by Gasteiger charge is 2.32. The molecule has 0 bridgehead atoms. The lowest BCUT2D eigenvalue weighted by Crippen LogP contribution is -2.42. The first-order valence-electron chi connectivity index (χ1n) is 11.5. The number of anilines is 1. The summed E-state index contributed by atoms with van der Waals surface area (Å²) in [4.78, 5) is 39.0. The molecule has 2 aromatic rings. The van der Waals surface area contributed by atoms with Gasteiger partial charge in [-0.1, -0.05) is 26.0 Å². The van der Waals surface area contributed by atoms with Crippen molar-refractivity contribution in [3.8, 4) is 5.75 Å². The van der Waals surface area contributed by atoms with Crippen molar-refractivity contribution >= 4 is 17.6 Å². The van der Waals surface area contributed by atoms with Gasteiger partial charge in [0, 0.05) is 42.6 Å². The molecule has 1 aromatic carbocycles. The maximum atomic E-state index is 12.9. The molecule has 0 radical (unpaired) electrons. The van der Waals surface area contributed by atoms with Crippen molar-refractivity contribution in [3.63, 3.8) is 0 Å². The van der Waals surface area contributed by atoms with Crippen LogP contribution in [-0.4, -0.2) is 46.9 Å². The number of hydrogen-bond donors (Lipinski definition) is 0. The Balaban J connectivity index is 1.65. The summed E-state index contributed by atoms with van der Waals surface area (Å²) >= 11 is 0. The highest BCUT2D eigenvalue weighted by molar-refractivity contribution is 5.95. The van der Waals surface area contributed by atoms with Gasteiger partial charge in [0.2, 0.25) is 11.8 Å². The topological polar surface area (TPSA) is 75.6 Å². The molecule has 1 fully saturated rings. The highest BCUT2D eigenvalue weighted by atomic mass is 16.5. The minimum Gasteiger partial charge on any atom is -0.497 e. The number of likely N-dealkylation sites (tertiary alicyclic amines) is 1. The Morgan fingerprint density at radius 3 is 2.81 bits per heavy atom. The Labute approximate surface area is 189 Å². The SMILES string of the molecule is COc1cccc(CN2C(=O)CCc3c(C)nc([C@H]4CCCN(C(=O)C(C)C)C4)nc32)c1. The van der Waals surface area contributed by atoms with Crippen molar-refractivity contribution in [1.82, 2.24) is 14.9 Å². The summed E-state index contributed by atoms with van der Waals surface area (Å²) in [5, 5.41) is 0. The van der Waals surface area contributed by atoms with Crippen molar-refractivity contribution in [3.05, 3.63) is 46.9 Å². The van der Waals surface area contributed by atoms with Gasteiger partial charge in [-0.05, 0) is 43.9 Å². The molecule has 0 N–H and O–H groups in total. The van der Waals surface area contributed by atoms with Gasteiger partial charge in [0.1, 0.15) is 17.4 Å². The Morgan fingerprint density at radius 1 is 1.25 bits per heavy atom. The zero-order valence-electron chi connectivity index (χ0n) is 19.4. The summed E-state index contributed by atoms with van der Waals surface area (Å²) < 4.78 is 5.34. The van der Waals surface area contributed by atoms with E-state index in [1.807, 2.05) is 49.9 Å². The number of aryl methyl sites for hydroxylation is 1.